The molecule has 2 aromatic heterocycles. The number of aromatic nitrogens is 2. The number of hydrogen-bond donors (Lipinski definition) is 1. The highest BCUT2D eigenvalue weighted by molar-refractivity contribution is 7.89. The maximum Gasteiger partial charge on any atom is 0.245 e. The van der Waals surface area contributed by atoms with Gasteiger partial charge in [0.05, 0.1) is 5.01 Å². The SMILES string of the molecule is Cc1csc(CCNS(=O)(=O)c2c(C)noc2C)n1. The number of aryl methyl sites for hydroxylation is 3. The summed E-state index contributed by atoms with van der Waals surface area (Å²) < 4.78 is 31.6. The molecule has 0 aliphatic heterocycles. The predicted molar refractivity (Wildman–Crippen MR) is 71.7 cm³/mol. The highest BCUT2D eigenvalue weighted by atomic mass is 32.2. The molecule has 0 radical (unpaired) electrons. The maximum atomic E-state index is 12.1. The summed E-state index contributed by atoms with van der Waals surface area (Å²) in [6.07, 6.45) is 0.571. The third kappa shape index (κ3) is 3.20. The Kier molecular flexibility index (Phi) is 4.02. The number of thiazole rings is 1. The Bertz CT molecular complexity index is 654. The Balaban J connectivity index is 2.03. The minimum absolute atomic E-state index is 0.128. The van der Waals surface area contributed by atoms with Gasteiger partial charge in [-0.05, 0) is 20.8 Å². The first kappa shape index (κ1) is 14.2. The third-order valence-electron chi connectivity index (χ3n) is 2.53. The lowest BCUT2D eigenvalue weighted by Gasteiger charge is -2.04. The monoisotopic (exact) mass is 301 g/mol. The molecule has 0 unspecified atom stereocenters. The van der Waals surface area contributed by atoms with Crippen molar-refractivity contribution in [2.24, 2.45) is 0 Å². The van der Waals surface area contributed by atoms with E-state index in [0.717, 1.165) is 10.7 Å². The van der Waals surface area contributed by atoms with E-state index >= 15 is 0 Å². The molecule has 2 rings (SSSR count). The van der Waals surface area contributed by atoms with Gasteiger partial charge < -0.3 is 4.52 Å². The molecule has 0 amide bonds. The quantitative estimate of drug-likeness (QED) is 0.906. The molecule has 0 spiro atoms. The molecule has 0 saturated heterocycles. The van der Waals surface area contributed by atoms with Crippen molar-refractivity contribution in [3.05, 3.63) is 27.5 Å². The second kappa shape index (κ2) is 5.40. The Morgan fingerprint density at radius 2 is 2.11 bits per heavy atom. The lowest BCUT2D eigenvalue weighted by Crippen LogP contribution is -2.26. The third-order valence-corrected chi connectivity index (χ3v) is 5.27. The summed E-state index contributed by atoms with van der Waals surface area (Å²) in [5.41, 5.74) is 1.32. The highest BCUT2D eigenvalue weighted by Crippen LogP contribution is 2.18. The molecule has 6 nitrogen and oxygen atoms in total. The lowest BCUT2D eigenvalue weighted by molar-refractivity contribution is 0.390. The van der Waals surface area contributed by atoms with E-state index in [-0.39, 0.29) is 4.90 Å². The first-order valence-electron chi connectivity index (χ1n) is 5.73. The standard InChI is InChI=1S/C11H15N3O3S2/c1-7-6-18-10(13-7)4-5-12-19(15,16)11-8(2)14-17-9(11)3/h6,12H,4-5H2,1-3H3. The van der Waals surface area contributed by atoms with Gasteiger partial charge in [0.15, 0.2) is 5.76 Å². The van der Waals surface area contributed by atoms with Crippen molar-refractivity contribution in [2.45, 2.75) is 32.1 Å². The van der Waals surface area contributed by atoms with Crippen molar-refractivity contribution in [1.29, 1.82) is 0 Å². The summed E-state index contributed by atoms with van der Waals surface area (Å²) in [6, 6.07) is 0. The van der Waals surface area contributed by atoms with Crippen LogP contribution >= 0.6 is 11.3 Å². The Morgan fingerprint density at radius 3 is 2.63 bits per heavy atom. The fraction of sp³-hybridized carbons (Fsp3) is 0.455. The molecule has 2 heterocycles. The molecular formula is C11H15N3O3S2. The van der Waals surface area contributed by atoms with Crippen LogP contribution in [0.1, 0.15) is 22.2 Å². The molecule has 0 aromatic carbocycles. The van der Waals surface area contributed by atoms with Crippen LogP contribution < -0.4 is 4.72 Å². The van der Waals surface area contributed by atoms with Crippen molar-refractivity contribution >= 4 is 21.4 Å². The van der Waals surface area contributed by atoms with Crippen molar-refractivity contribution in [2.75, 3.05) is 6.54 Å². The van der Waals surface area contributed by atoms with E-state index in [2.05, 4.69) is 14.9 Å². The average molecular weight is 301 g/mol. The van der Waals surface area contributed by atoms with Crippen LogP contribution in [-0.2, 0) is 16.4 Å². The molecule has 0 aliphatic rings. The van der Waals surface area contributed by atoms with Gasteiger partial charge >= 0.3 is 0 Å². The van der Waals surface area contributed by atoms with Gasteiger partial charge in [0, 0.05) is 24.0 Å². The topological polar surface area (TPSA) is 85.1 Å². The zero-order valence-corrected chi connectivity index (χ0v) is 12.6. The molecule has 1 N–H and O–H groups in total. The summed E-state index contributed by atoms with van der Waals surface area (Å²) in [4.78, 5) is 4.41. The minimum Gasteiger partial charge on any atom is -0.360 e. The van der Waals surface area contributed by atoms with E-state index in [1.807, 2.05) is 12.3 Å². The Morgan fingerprint density at radius 1 is 1.37 bits per heavy atom. The van der Waals surface area contributed by atoms with Gasteiger partial charge in [-0.15, -0.1) is 11.3 Å². The van der Waals surface area contributed by atoms with E-state index in [1.54, 1.807) is 13.8 Å². The molecule has 0 atom stereocenters. The van der Waals surface area contributed by atoms with Crippen LogP contribution in [0.25, 0.3) is 0 Å². The van der Waals surface area contributed by atoms with Gasteiger partial charge in [0.1, 0.15) is 10.6 Å². The molecular weight excluding hydrogens is 286 g/mol. The van der Waals surface area contributed by atoms with Crippen LogP contribution in [0.2, 0.25) is 0 Å². The van der Waals surface area contributed by atoms with Gasteiger partial charge in [-0.1, -0.05) is 5.16 Å². The van der Waals surface area contributed by atoms with E-state index in [1.165, 1.54) is 11.3 Å². The van der Waals surface area contributed by atoms with Crippen LogP contribution in [0, 0.1) is 20.8 Å². The fourth-order valence-electron chi connectivity index (χ4n) is 1.74. The minimum atomic E-state index is -3.57. The van der Waals surface area contributed by atoms with E-state index < -0.39 is 10.0 Å². The fourth-order valence-corrected chi connectivity index (χ4v) is 3.87. The van der Waals surface area contributed by atoms with Crippen LogP contribution in [0.5, 0.6) is 0 Å². The predicted octanol–water partition coefficient (Wildman–Crippen LogP) is 1.58. The second-order valence-corrected chi connectivity index (χ2v) is 6.83. The van der Waals surface area contributed by atoms with Crippen LogP contribution in [0.4, 0.5) is 0 Å². The van der Waals surface area contributed by atoms with Gasteiger partial charge in [0.2, 0.25) is 10.0 Å². The van der Waals surface area contributed by atoms with Gasteiger partial charge in [0.25, 0.3) is 0 Å². The van der Waals surface area contributed by atoms with Crippen LogP contribution in [0.15, 0.2) is 14.8 Å². The van der Waals surface area contributed by atoms with Crippen molar-refractivity contribution in [3.8, 4) is 0 Å². The average Bonchev–Trinajstić information content (AvgIpc) is 2.86. The lowest BCUT2D eigenvalue weighted by atomic mass is 10.4. The molecule has 104 valence electrons. The summed E-state index contributed by atoms with van der Waals surface area (Å²) >= 11 is 1.53. The number of sulfonamides is 1. The first-order valence-corrected chi connectivity index (χ1v) is 8.10. The zero-order chi connectivity index (χ0) is 14.0. The van der Waals surface area contributed by atoms with Gasteiger partial charge in [-0.25, -0.2) is 18.1 Å². The molecule has 0 aliphatic carbocycles. The smallest absolute Gasteiger partial charge is 0.245 e. The number of nitrogens with one attached hydrogen (secondary N) is 1. The van der Waals surface area contributed by atoms with Crippen molar-refractivity contribution in [1.82, 2.24) is 14.9 Å². The van der Waals surface area contributed by atoms with Gasteiger partial charge in [-0.2, -0.15) is 0 Å². The van der Waals surface area contributed by atoms with Crippen molar-refractivity contribution in [3.63, 3.8) is 0 Å². The summed E-state index contributed by atoms with van der Waals surface area (Å²) in [7, 11) is -3.57. The van der Waals surface area contributed by atoms with E-state index in [4.69, 9.17) is 4.52 Å². The summed E-state index contributed by atoms with van der Waals surface area (Å²) in [6.45, 7) is 5.40. The second-order valence-electron chi connectivity index (χ2n) is 4.18. The maximum absolute atomic E-state index is 12.1. The van der Waals surface area contributed by atoms with Crippen LogP contribution in [-0.4, -0.2) is 25.1 Å². The zero-order valence-electron chi connectivity index (χ0n) is 10.9. The number of hydrogen-bond acceptors (Lipinski definition) is 6. The Hall–Kier alpha value is -1.25. The van der Waals surface area contributed by atoms with Crippen molar-refractivity contribution < 1.29 is 12.9 Å². The molecule has 0 fully saturated rings. The normalized spacial score (nSPS) is 11.9. The molecule has 19 heavy (non-hydrogen) atoms. The van der Waals surface area contributed by atoms with E-state index in [0.29, 0.717) is 24.4 Å². The summed E-state index contributed by atoms with van der Waals surface area (Å²) in [5.74, 6) is 0.301. The molecule has 8 heteroatoms. The highest BCUT2D eigenvalue weighted by Gasteiger charge is 2.23. The number of nitrogens with zero attached hydrogens (tertiary/aromatic N) is 2. The largest absolute Gasteiger partial charge is 0.360 e. The molecule has 0 saturated carbocycles. The van der Waals surface area contributed by atoms with Gasteiger partial charge in [-0.3, -0.25) is 0 Å². The molecule has 2 aromatic rings. The van der Waals surface area contributed by atoms with E-state index in [9.17, 15) is 8.42 Å². The molecule has 0 bridgehead atoms. The Labute approximate surface area is 115 Å². The summed E-state index contributed by atoms with van der Waals surface area (Å²) in [5, 5.41) is 6.51. The first-order chi connectivity index (χ1) is 8.90. The van der Waals surface area contributed by atoms with Crippen LogP contribution in [0.3, 0.4) is 0 Å². The number of rotatable bonds is 5.